The maximum Gasteiger partial charge on any atom is 0.327 e. The molecule has 1 unspecified atom stereocenters. The molecule has 3 fully saturated rings. The van der Waals surface area contributed by atoms with Crippen LogP contribution in [0.15, 0.2) is 41.3 Å². The number of halogens is 1. The monoisotopic (exact) mass is 667 g/mol. The van der Waals surface area contributed by atoms with Crippen molar-refractivity contribution in [1.29, 1.82) is 0 Å². The summed E-state index contributed by atoms with van der Waals surface area (Å²) in [7, 11) is 0. The molecule has 0 bridgehead atoms. The molecule has 6 rings (SSSR count). The van der Waals surface area contributed by atoms with Crippen LogP contribution in [0.4, 0.5) is 10.1 Å². The number of para-hydroxylation sites is 1. The molecular weight excluding hydrogens is 621 g/mol. The molecule has 0 aliphatic carbocycles. The summed E-state index contributed by atoms with van der Waals surface area (Å²) in [5, 5.41) is 2.37. The molecule has 2 N–H and O–H groups in total. The van der Waals surface area contributed by atoms with Gasteiger partial charge in [0, 0.05) is 70.0 Å². The number of fused-ring (bicyclic) bond motifs is 1. The number of aromatic nitrogens is 3. The molecule has 2 amide bonds. The Morgan fingerprint density at radius 1 is 1.09 bits per heavy atom. The third kappa shape index (κ3) is 7.68. The van der Waals surface area contributed by atoms with Gasteiger partial charge >= 0.3 is 5.69 Å². The van der Waals surface area contributed by atoms with Crippen LogP contribution in [0.3, 0.4) is 0 Å². The Hall–Kier alpha value is -3.42. The zero-order chi connectivity index (χ0) is 33.1. The molecule has 3 saturated heterocycles. The minimum atomic E-state index is -0.558. The number of hydrogen-bond acceptors (Lipinski definition) is 8. The van der Waals surface area contributed by atoms with Crippen molar-refractivity contribution in [3.05, 3.63) is 58.4 Å². The predicted octanol–water partition coefficient (Wildman–Crippen LogP) is 4.24. The maximum absolute atomic E-state index is 15.4. The lowest BCUT2D eigenvalue weighted by molar-refractivity contribution is -0.136. The van der Waals surface area contributed by atoms with E-state index in [1.54, 1.807) is 16.8 Å². The summed E-state index contributed by atoms with van der Waals surface area (Å²) < 4.78 is 22.6. The van der Waals surface area contributed by atoms with Crippen LogP contribution in [0.25, 0.3) is 11.2 Å². The number of nitrogens with one attached hydrogen (secondary N) is 2. The number of amides is 2. The number of nitrogens with zero attached hydrogens (tertiary/aromatic N) is 5. The summed E-state index contributed by atoms with van der Waals surface area (Å²) in [5.74, 6) is -0.489. The average molecular weight is 668 g/mol. The molecule has 0 radical (unpaired) electrons. The fourth-order valence-electron chi connectivity index (χ4n) is 6.73. The van der Waals surface area contributed by atoms with Crippen molar-refractivity contribution in [1.82, 2.24) is 29.2 Å². The van der Waals surface area contributed by atoms with Crippen LogP contribution in [0, 0.1) is 11.2 Å². The number of anilines is 1. The number of likely N-dealkylation sites (tertiary alicyclic amines) is 1. The SMILES string of the molecule is CC(C)(C)CCN1C(=O)[C@H](CC(=O)N2CCC(n3c(=O)[nH]c4ncccc43)CC2)SC1c1cccc(F)c1NCCN1CCOCC1. The number of thioether (sulfide) groups is 1. The van der Waals surface area contributed by atoms with E-state index in [4.69, 9.17) is 4.74 Å². The Bertz CT molecular complexity index is 1620. The summed E-state index contributed by atoms with van der Waals surface area (Å²) in [6.45, 7) is 12.4. The number of carbonyl (C=O) groups is 2. The lowest BCUT2D eigenvalue weighted by Crippen LogP contribution is -2.42. The number of benzene rings is 1. The highest BCUT2D eigenvalue weighted by atomic mass is 32.2. The Morgan fingerprint density at radius 3 is 2.60 bits per heavy atom. The minimum absolute atomic E-state index is 0.00224. The number of H-pyrrole nitrogens is 1. The predicted molar refractivity (Wildman–Crippen MR) is 182 cm³/mol. The molecular formula is C34H46FN7O4S. The van der Waals surface area contributed by atoms with Gasteiger partial charge in [-0.25, -0.2) is 14.2 Å². The lowest BCUT2D eigenvalue weighted by atomic mass is 9.92. The molecule has 3 aliphatic rings. The van der Waals surface area contributed by atoms with Gasteiger partial charge in [-0.2, -0.15) is 0 Å². The lowest BCUT2D eigenvalue weighted by Gasteiger charge is -2.33. The van der Waals surface area contributed by atoms with Gasteiger partial charge in [-0.05, 0) is 42.9 Å². The van der Waals surface area contributed by atoms with Gasteiger partial charge in [-0.15, -0.1) is 11.8 Å². The fraction of sp³-hybridized carbons (Fsp3) is 0.588. The largest absolute Gasteiger partial charge is 0.381 e. The smallest absolute Gasteiger partial charge is 0.327 e. The van der Waals surface area contributed by atoms with E-state index in [0.717, 1.165) is 37.1 Å². The highest BCUT2D eigenvalue weighted by Gasteiger charge is 2.44. The van der Waals surface area contributed by atoms with E-state index in [1.165, 1.54) is 17.8 Å². The number of ether oxygens (including phenoxy) is 1. The van der Waals surface area contributed by atoms with Crippen molar-refractivity contribution in [2.75, 3.05) is 64.3 Å². The topological polar surface area (TPSA) is 116 Å². The number of carbonyl (C=O) groups excluding carboxylic acids is 2. The van der Waals surface area contributed by atoms with Crippen molar-refractivity contribution in [3.63, 3.8) is 0 Å². The number of imidazole rings is 1. The van der Waals surface area contributed by atoms with Gasteiger partial charge in [0.15, 0.2) is 5.65 Å². The minimum Gasteiger partial charge on any atom is -0.381 e. The molecule has 3 aromatic rings. The maximum atomic E-state index is 15.4. The Balaban J connectivity index is 1.14. The van der Waals surface area contributed by atoms with Crippen LogP contribution in [0.1, 0.15) is 63.4 Å². The number of morpholine rings is 1. The molecule has 1 aromatic carbocycles. The number of pyridine rings is 1. The third-order valence-electron chi connectivity index (χ3n) is 9.42. The first-order valence-corrected chi connectivity index (χ1v) is 17.6. The van der Waals surface area contributed by atoms with Gasteiger partial charge in [0.05, 0.1) is 29.7 Å². The normalized spacial score (nSPS) is 21.6. The van der Waals surface area contributed by atoms with Crippen molar-refractivity contribution in [2.45, 2.75) is 63.1 Å². The standard InChI is InChI=1S/C34H46FN7O4S/c1-34(2,3)11-16-41-31(44)27(47-32(41)24-6-4-7-25(35)29(24)36-13-17-39-18-20-46-21-19-39)22-28(43)40-14-9-23(10-15-40)42-26-8-5-12-37-30(26)38-33(42)45/h4-8,12,23,27,32,36H,9-11,13-22H2,1-3H3,(H,37,38,45)/t27-,32?/m0/s1. The van der Waals surface area contributed by atoms with Crippen LogP contribution >= 0.6 is 11.8 Å². The molecule has 2 atom stereocenters. The second kappa shape index (κ2) is 14.4. The van der Waals surface area contributed by atoms with E-state index < -0.39 is 10.6 Å². The molecule has 0 spiro atoms. The fourth-order valence-corrected chi connectivity index (χ4v) is 8.23. The molecule has 254 valence electrons. The van der Waals surface area contributed by atoms with E-state index in [2.05, 4.69) is 41.0 Å². The van der Waals surface area contributed by atoms with E-state index in [9.17, 15) is 14.4 Å². The summed E-state index contributed by atoms with van der Waals surface area (Å²) in [5.41, 5.74) is 2.29. The number of hydrogen-bond donors (Lipinski definition) is 2. The van der Waals surface area contributed by atoms with Crippen LogP contribution in [0.5, 0.6) is 0 Å². The molecule has 3 aliphatic heterocycles. The summed E-state index contributed by atoms with van der Waals surface area (Å²) in [6.07, 6.45) is 3.80. The molecule has 11 nitrogen and oxygen atoms in total. The first-order chi connectivity index (χ1) is 22.6. The highest BCUT2D eigenvalue weighted by molar-refractivity contribution is 8.01. The molecule has 13 heteroatoms. The number of piperidine rings is 1. The first kappa shape index (κ1) is 33.5. The van der Waals surface area contributed by atoms with Gasteiger partial charge in [0.2, 0.25) is 11.8 Å². The van der Waals surface area contributed by atoms with Crippen molar-refractivity contribution in [3.8, 4) is 0 Å². The van der Waals surface area contributed by atoms with Gasteiger partial charge in [0.25, 0.3) is 0 Å². The van der Waals surface area contributed by atoms with Crippen molar-refractivity contribution in [2.24, 2.45) is 5.41 Å². The molecule has 0 saturated carbocycles. The van der Waals surface area contributed by atoms with Crippen LogP contribution < -0.4 is 11.0 Å². The summed E-state index contributed by atoms with van der Waals surface area (Å²) in [6, 6.07) is 8.70. The Morgan fingerprint density at radius 2 is 1.85 bits per heavy atom. The summed E-state index contributed by atoms with van der Waals surface area (Å²) >= 11 is 1.45. The second-order valence-electron chi connectivity index (χ2n) is 13.9. The molecule has 47 heavy (non-hydrogen) atoms. The Kier molecular flexibility index (Phi) is 10.2. The van der Waals surface area contributed by atoms with Gasteiger partial charge in [-0.3, -0.25) is 24.0 Å². The zero-order valence-electron chi connectivity index (χ0n) is 27.5. The molecule has 5 heterocycles. The Labute approximate surface area is 279 Å². The van der Waals surface area contributed by atoms with E-state index in [-0.39, 0.29) is 41.2 Å². The van der Waals surface area contributed by atoms with Gasteiger partial charge < -0.3 is 19.9 Å². The van der Waals surface area contributed by atoms with Gasteiger partial charge in [-0.1, -0.05) is 32.9 Å². The third-order valence-corrected chi connectivity index (χ3v) is 10.9. The van der Waals surface area contributed by atoms with Gasteiger partial charge in [0.1, 0.15) is 11.2 Å². The zero-order valence-corrected chi connectivity index (χ0v) is 28.4. The average Bonchev–Trinajstić information content (AvgIpc) is 3.55. The van der Waals surface area contributed by atoms with E-state index in [0.29, 0.717) is 63.6 Å². The number of aromatic amines is 1. The second-order valence-corrected chi connectivity index (χ2v) is 15.2. The highest BCUT2D eigenvalue weighted by Crippen LogP contribution is 2.47. The van der Waals surface area contributed by atoms with E-state index in [1.807, 2.05) is 28.0 Å². The summed E-state index contributed by atoms with van der Waals surface area (Å²) in [4.78, 5) is 53.3. The van der Waals surface area contributed by atoms with Crippen molar-refractivity contribution >= 4 is 40.4 Å². The number of rotatable bonds is 10. The van der Waals surface area contributed by atoms with Crippen LogP contribution in [-0.2, 0) is 14.3 Å². The molecule has 2 aromatic heterocycles. The first-order valence-electron chi connectivity index (χ1n) is 16.7. The van der Waals surface area contributed by atoms with Crippen LogP contribution in [0.2, 0.25) is 0 Å². The van der Waals surface area contributed by atoms with Crippen LogP contribution in [-0.4, -0.2) is 105 Å². The van der Waals surface area contributed by atoms with Crippen molar-refractivity contribution < 1.29 is 18.7 Å². The quantitative estimate of drug-likeness (QED) is 0.330. The van der Waals surface area contributed by atoms with E-state index >= 15 is 4.39 Å².